The van der Waals surface area contributed by atoms with E-state index in [9.17, 15) is 22.8 Å². The van der Waals surface area contributed by atoms with Crippen molar-refractivity contribution in [3.63, 3.8) is 0 Å². The van der Waals surface area contributed by atoms with Crippen LogP contribution in [0, 0.1) is 11.3 Å². The van der Waals surface area contributed by atoms with Crippen LogP contribution < -0.4 is 14.8 Å². The minimum atomic E-state index is -4.72. The predicted octanol–water partition coefficient (Wildman–Crippen LogP) is 4.70. The molecule has 0 spiro atoms. The summed E-state index contributed by atoms with van der Waals surface area (Å²) in [5.74, 6) is -0.903. The van der Waals surface area contributed by atoms with Gasteiger partial charge in [0.05, 0.1) is 29.2 Å². The smallest absolute Gasteiger partial charge is 0.420 e. The van der Waals surface area contributed by atoms with Gasteiger partial charge in [-0.1, -0.05) is 6.07 Å². The maximum Gasteiger partial charge on any atom is 0.420 e. The molecule has 10 heteroatoms. The van der Waals surface area contributed by atoms with E-state index in [0.717, 1.165) is 17.8 Å². The maximum absolute atomic E-state index is 13.3. The molecule has 0 aliphatic carbocycles. The van der Waals surface area contributed by atoms with Crippen LogP contribution >= 0.6 is 11.8 Å². The molecule has 0 unspecified atom stereocenters. The van der Waals surface area contributed by atoms with Crippen molar-refractivity contribution in [1.29, 1.82) is 5.26 Å². The molecule has 0 atom stereocenters. The van der Waals surface area contributed by atoms with Gasteiger partial charge in [0.15, 0.2) is 11.5 Å². The Balaban J connectivity index is 1.95. The quantitative estimate of drug-likeness (QED) is 0.722. The fourth-order valence-corrected chi connectivity index (χ4v) is 3.14. The Bertz CT molecular complexity index is 1070. The Labute approximate surface area is 166 Å². The van der Waals surface area contributed by atoms with Crippen molar-refractivity contribution >= 4 is 29.0 Å². The van der Waals surface area contributed by atoms with Crippen molar-refractivity contribution in [2.45, 2.75) is 6.18 Å². The zero-order valence-corrected chi connectivity index (χ0v) is 15.5. The van der Waals surface area contributed by atoms with Gasteiger partial charge in [0, 0.05) is 0 Å². The predicted molar refractivity (Wildman–Crippen MR) is 98.3 cm³/mol. The summed E-state index contributed by atoms with van der Waals surface area (Å²) in [5, 5.41) is 10.5. The highest BCUT2D eigenvalue weighted by Gasteiger charge is 2.35. The number of ether oxygens (including phenoxy) is 2. The van der Waals surface area contributed by atoms with E-state index >= 15 is 0 Å². The van der Waals surface area contributed by atoms with Gasteiger partial charge in [-0.15, -0.1) is 0 Å². The monoisotopic (exact) mass is 420 g/mol. The number of hydrogen-bond acceptors (Lipinski definition) is 6. The fourth-order valence-electron chi connectivity index (χ4n) is 2.46. The first kappa shape index (κ1) is 20.3. The molecule has 6 nitrogen and oxygen atoms in total. The van der Waals surface area contributed by atoms with Gasteiger partial charge in [-0.25, -0.2) is 0 Å². The van der Waals surface area contributed by atoms with Gasteiger partial charge in [-0.3, -0.25) is 14.9 Å². The lowest BCUT2D eigenvalue weighted by molar-refractivity contribution is -0.138. The van der Waals surface area contributed by atoms with Crippen molar-refractivity contribution in [3.05, 3.63) is 58.0 Å². The summed E-state index contributed by atoms with van der Waals surface area (Å²) in [6.45, 7) is 0. The summed E-state index contributed by atoms with van der Waals surface area (Å²) < 4.78 is 50.5. The number of rotatable bonds is 4. The number of nitrogens with one attached hydrogen (secondary N) is 1. The molecule has 0 bridgehead atoms. The molecule has 0 saturated carbocycles. The van der Waals surface area contributed by atoms with Gasteiger partial charge >= 0.3 is 6.18 Å². The van der Waals surface area contributed by atoms with Crippen LogP contribution in [0.5, 0.6) is 17.2 Å². The Kier molecular flexibility index (Phi) is 5.52. The molecule has 2 aromatic rings. The van der Waals surface area contributed by atoms with Crippen LogP contribution in [0.4, 0.5) is 18.0 Å². The highest BCUT2D eigenvalue weighted by Crippen LogP contribution is 2.41. The molecule has 1 aliphatic heterocycles. The van der Waals surface area contributed by atoms with Crippen LogP contribution in [0.1, 0.15) is 16.7 Å². The van der Waals surface area contributed by atoms with Crippen LogP contribution in [0.25, 0.3) is 6.08 Å². The summed E-state index contributed by atoms with van der Waals surface area (Å²) in [6, 6.07) is 8.96. The zero-order chi connectivity index (χ0) is 21.2. The Hall–Kier alpha value is -3.45. The van der Waals surface area contributed by atoms with Gasteiger partial charge < -0.3 is 9.47 Å². The molecule has 0 aromatic heterocycles. The molecule has 2 amide bonds. The molecule has 29 heavy (non-hydrogen) atoms. The van der Waals surface area contributed by atoms with Gasteiger partial charge in [-0.2, -0.15) is 18.4 Å². The summed E-state index contributed by atoms with van der Waals surface area (Å²) in [7, 11) is 1.31. The molecule has 1 N–H and O–H groups in total. The Morgan fingerprint density at radius 1 is 1.10 bits per heavy atom. The van der Waals surface area contributed by atoms with E-state index < -0.39 is 28.6 Å². The van der Waals surface area contributed by atoms with Crippen LogP contribution in [0.15, 0.2) is 41.3 Å². The van der Waals surface area contributed by atoms with Crippen LogP contribution in [0.3, 0.4) is 0 Å². The molecule has 0 radical (unpaired) electrons. The highest BCUT2D eigenvalue weighted by atomic mass is 32.2. The number of alkyl halides is 3. The van der Waals surface area contributed by atoms with E-state index in [1.54, 1.807) is 6.07 Å². The van der Waals surface area contributed by atoms with Crippen molar-refractivity contribution in [2.75, 3.05) is 7.11 Å². The Morgan fingerprint density at radius 2 is 1.83 bits per heavy atom. The minimum absolute atomic E-state index is 0.00413. The number of benzene rings is 2. The van der Waals surface area contributed by atoms with Gasteiger partial charge in [0.2, 0.25) is 0 Å². The molecule has 148 valence electrons. The number of hydrogen-bond donors (Lipinski definition) is 1. The number of carbonyl (C=O) groups is 2. The van der Waals surface area contributed by atoms with E-state index in [1.807, 2.05) is 0 Å². The molecular formula is C19H11F3N2O4S. The molecule has 1 fully saturated rings. The molecule has 2 aromatic carbocycles. The second-order valence-electron chi connectivity index (χ2n) is 5.69. The van der Waals surface area contributed by atoms with E-state index in [1.165, 1.54) is 37.5 Å². The van der Waals surface area contributed by atoms with Crippen molar-refractivity contribution in [1.82, 2.24) is 5.32 Å². The second-order valence-corrected chi connectivity index (χ2v) is 6.70. The Morgan fingerprint density at radius 3 is 2.41 bits per heavy atom. The molecule has 1 saturated heterocycles. The van der Waals surface area contributed by atoms with Crippen LogP contribution in [0.2, 0.25) is 0 Å². The van der Waals surface area contributed by atoms with E-state index in [2.05, 4.69) is 5.32 Å². The minimum Gasteiger partial charge on any atom is -0.493 e. The first-order valence-corrected chi connectivity index (χ1v) is 8.75. The lowest BCUT2D eigenvalue weighted by atomic mass is 10.1. The highest BCUT2D eigenvalue weighted by molar-refractivity contribution is 8.18. The lowest BCUT2D eigenvalue weighted by Crippen LogP contribution is -2.17. The van der Waals surface area contributed by atoms with Crippen molar-refractivity contribution < 1.29 is 32.2 Å². The molecule has 1 heterocycles. The third-order valence-corrected chi connectivity index (χ3v) is 4.57. The lowest BCUT2D eigenvalue weighted by Gasteiger charge is -2.16. The standard InChI is InChI=1S/C19H11F3N2O4S/c1-27-15-7-10(8-16-17(25)24-18(26)29-16)2-5-14(15)28-13-4-3-11(9-23)6-12(13)19(20,21)22/h2-8H,1H3,(H,24,25,26)/b16-8+. The summed E-state index contributed by atoms with van der Waals surface area (Å²) in [4.78, 5) is 23.0. The average Bonchev–Trinajstić information content (AvgIpc) is 2.99. The van der Waals surface area contributed by atoms with Crippen LogP contribution in [-0.2, 0) is 11.0 Å². The van der Waals surface area contributed by atoms with E-state index in [-0.39, 0.29) is 22.0 Å². The topological polar surface area (TPSA) is 88.4 Å². The van der Waals surface area contributed by atoms with E-state index in [0.29, 0.717) is 11.6 Å². The number of nitriles is 1. The largest absolute Gasteiger partial charge is 0.493 e. The fraction of sp³-hybridized carbons (Fsp3) is 0.105. The third-order valence-electron chi connectivity index (χ3n) is 3.76. The number of imide groups is 1. The van der Waals surface area contributed by atoms with Crippen molar-refractivity contribution in [3.8, 4) is 23.3 Å². The number of halogens is 3. The van der Waals surface area contributed by atoms with Gasteiger partial charge in [-0.05, 0) is 53.7 Å². The number of carbonyl (C=O) groups excluding carboxylic acids is 2. The summed E-state index contributed by atoms with van der Waals surface area (Å²) in [6.07, 6.45) is -3.28. The van der Waals surface area contributed by atoms with Crippen molar-refractivity contribution in [2.24, 2.45) is 0 Å². The average molecular weight is 420 g/mol. The number of thioether (sulfide) groups is 1. The number of nitrogens with zero attached hydrogens (tertiary/aromatic N) is 1. The second kappa shape index (κ2) is 7.89. The first-order valence-electron chi connectivity index (χ1n) is 7.93. The van der Waals surface area contributed by atoms with E-state index in [4.69, 9.17) is 14.7 Å². The maximum atomic E-state index is 13.3. The number of methoxy groups -OCH3 is 1. The summed E-state index contributed by atoms with van der Waals surface area (Å²) >= 11 is 0.735. The number of amides is 2. The van der Waals surface area contributed by atoms with Crippen LogP contribution in [-0.4, -0.2) is 18.3 Å². The SMILES string of the molecule is COc1cc(/C=C2/SC(=O)NC2=O)ccc1Oc1ccc(C#N)cc1C(F)(F)F. The summed E-state index contributed by atoms with van der Waals surface area (Å²) in [5.41, 5.74) is -0.764. The van der Waals surface area contributed by atoms with Gasteiger partial charge in [0.25, 0.3) is 11.1 Å². The molecule has 3 rings (SSSR count). The normalized spacial score (nSPS) is 15.2. The first-order chi connectivity index (χ1) is 13.7. The third kappa shape index (κ3) is 4.52. The van der Waals surface area contributed by atoms with Gasteiger partial charge in [0.1, 0.15) is 5.75 Å². The zero-order valence-electron chi connectivity index (χ0n) is 14.7. The molecule has 1 aliphatic rings. The molecular weight excluding hydrogens is 409 g/mol.